The first-order valence-corrected chi connectivity index (χ1v) is 9.66. The van der Waals surface area contributed by atoms with Crippen LogP contribution in [0.4, 0.5) is 0 Å². The number of ketones is 2. The number of benzene rings is 2. The van der Waals surface area contributed by atoms with Crippen LogP contribution in [0, 0.1) is 27.7 Å². The fourth-order valence-electron chi connectivity index (χ4n) is 3.50. The number of rotatable bonds is 3. The average molecular weight is 411 g/mol. The van der Waals surface area contributed by atoms with Crippen LogP contribution in [0.15, 0.2) is 64.2 Å². The predicted molar refractivity (Wildman–Crippen MR) is 116 cm³/mol. The van der Waals surface area contributed by atoms with Crippen LogP contribution in [-0.2, 0) is 4.79 Å². The van der Waals surface area contributed by atoms with Gasteiger partial charge >= 0.3 is 0 Å². The van der Waals surface area contributed by atoms with E-state index in [9.17, 15) is 9.59 Å². The number of hydrogen-bond acceptors (Lipinski definition) is 2. The molecule has 1 aliphatic carbocycles. The van der Waals surface area contributed by atoms with E-state index < -0.39 is 5.78 Å². The van der Waals surface area contributed by atoms with Crippen LogP contribution < -0.4 is 0 Å². The number of aryl methyl sites for hydroxylation is 4. The number of allylic oxidation sites excluding steroid dienone is 6. The Morgan fingerprint density at radius 2 is 1.07 bits per heavy atom. The summed E-state index contributed by atoms with van der Waals surface area (Å²) in [6.07, 6.45) is 3.03. The Morgan fingerprint density at radius 3 is 1.50 bits per heavy atom. The Morgan fingerprint density at radius 1 is 0.679 bits per heavy atom. The molecule has 0 fully saturated rings. The van der Waals surface area contributed by atoms with Crippen LogP contribution in [0.25, 0.3) is 5.57 Å². The van der Waals surface area contributed by atoms with Crippen molar-refractivity contribution < 1.29 is 9.59 Å². The summed E-state index contributed by atoms with van der Waals surface area (Å²) >= 11 is 12.2. The van der Waals surface area contributed by atoms with Gasteiger partial charge in [-0.3, -0.25) is 9.59 Å². The number of carbonyl (C=O) groups excluding carboxylic acids is 2. The van der Waals surface area contributed by atoms with Crippen LogP contribution >= 0.6 is 23.2 Å². The van der Waals surface area contributed by atoms with Gasteiger partial charge in [0, 0.05) is 11.1 Å². The van der Waals surface area contributed by atoms with Gasteiger partial charge < -0.3 is 0 Å². The lowest BCUT2D eigenvalue weighted by atomic mass is 9.88. The first kappa shape index (κ1) is 20.3. The molecule has 28 heavy (non-hydrogen) atoms. The SMILES string of the molecule is Cc1cc(C)cc(C(=O)C(=C2C=C(Cl)C(=O)C(Cl)=C2)c2cc(C)cc(C)c2)c1. The number of carbonyl (C=O) groups is 2. The van der Waals surface area contributed by atoms with E-state index in [1.807, 2.05) is 64.1 Å². The van der Waals surface area contributed by atoms with Crippen molar-refractivity contribution in [3.8, 4) is 0 Å². The molecule has 0 N–H and O–H groups in total. The fraction of sp³-hybridized carbons (Fsp3) is 0.167. The zero-order valence-corrected chi connectivity index (χ0v) is 17.7. The van der Waals surface area contributed by atoms with E-state index in [0.29, 0.717) is 16.7 Å². The van der Waals surface area contributed by atoms with Crippen molar-refractivity contribution in [3.05, 3.63) is 97.6 Å². The Labute approximate surface area is 175 Å². The van der Waals surface area contributed by atoms with Crippen LogP contribution in [0.3, 0.4) is 0 Å². The smallest absolute Gasteiger partial charge is 0.215 e. The Kier molecular flexibility index (Phi) is 5.74. The van der Waals surface area contributed by atoms with Crippen molar-refractivity contribution in [2.24, 2.45) is 0 Å². The second-order valence-corrected chi connectivity index (χ2v) is 8.04. The van der Waals surface area contributed by atoms with Crippen molar-refractivity contribution in [3.63, 3.8) is 0 Å². The molecule has 0 aliphatic heterocycles. The molecule has 0 bridgehead atoms. The third kappa shape index (κ3) is 4.19. The van der Waals surface area contributed by atoms with Gasteiger partial charge in [0.1, 0.15) is 0 Å². The van der Waals surface area contributed by atoms with Gasteiger partial charge in [0.2, 0.25) is 5.78 Å². The second-order valence-electron chi connectivity index (χ2n) is 7.23. The maximum Gasteiger partial charge on any atom is 0.215 e. The summed E-state index contributed by atoms with van der Waals surface area (Å²) in [5.41, 5.74) is 6.46. The Bertz CT molecular complexity index is 1040. The minimum absolute atomic E-state index is 0.00222. The van der Waals surface area contributed by atoms with E-state index in [1.165, 1.54) is 12.2 Å². The zero-order valence-electron chi connectivity index (χ0n) is 16.2. The summed E-state index contributed by atoms with van der Waals surface area (Å²) in [6, 6.07) is 11.7. The van der Waals surface area contributed by atoms with E-state index in [-0.39, 0.29) is 15.8 Å². The largest absolute Gasteiger partial charge is 0.289 e. The molecule has 142 valence electrons. The minimum Gasteiger partial charge on any atom is -0.289 e. The second kappa shape index (κ2) is 7.90. The van der Waals surface area contributed by atoms with Crippen molar-refractivity contribution in [2.45, 2.75) is 27.7 Å². The zero-order chi connectivity index (χ0) is 20.6. The van der Waals surface area contributed by atoms with Gasteiger partial charge in [-0.25, -0.2) is 0 Å². The van der Waals surface area contributed by atoms with Gasteiger partial charge in [-0.05, 0) is 63.1 Å². The molecular weight excluding hydrogens is 391 g/mol. The molecule has 0 amide bonds. The topological polar surface area (TPSA) is 34.1 Å². The van der Waals surface area contributed by atoms with E-state index >= 15 is 0 Å². The molecule has 1 aliphatic rings. The summed E-state index contributed by atoms with van der Waals surface area (Å²) in [5.74, 6) is -0.576. The number of halogens is 2. The summed E-state index contributed by atoms with van der Waals surface area (Å²) < 4.78 is 0. The first-order valence-electron chi connectivity index (χ1n) is 8.91. The molecule has 0 aromatic heterocycles. The van der Waals surface area contributed by atoms with E-state index in [0.717, 1.165) is 27.8 Å². The first-order chi connectivity index (χ1) is 13.2. The molecule has 2 aromatic carbocycles. The van der Waals surface area contributed by atoms with E-state index in [1.54, 1.807) is 0 Å². The lowest BCUT2D eigenvalue weighted by Crippen LogP contribution is -2.10. The summed E-state index contributed by atoms with van der Waals surface area (Å²) in [6.45, 7) is 7.88. The standard InChI is InChI=1S/C24H20Cl2O2/c1-13-5-14(2)8-17(7-13)22(18-11-20(25)24(28)21(26)12-18)23(27)19-9-15(3)6-16(4)10-19/h5-12H,1-4H3. The van der Waals surface area contributed by atoms with Crippen LogP contribution in [0.2, 0.25) is 0 Å². The van der Waals surface area contributed by atoms with Gasteiger partial charge in [-0.1, -0.05) is 69.7 Å². The molecule has 0 heterocycles. The Hall–Kier alpha value is -2.42. The highest BCUT2D eigenvalue weighted by Gasteiger charge is 2.24. The van der Waals surface area contributed by atoms with Gasteiger partial charge in [-0.2, -0.15) is 0 Å². The maximum atomic E-state index is 13.6. The van der Waals surface area contributed by atoms with Crippen LogP contribution in [0.1, 0.15) is 38.2 Å². The molecule has 2 aromatic rings. The fourth-order valence-corrected chi connectivity index (χ4v) is 3.99. The number of Topliss-reactive ketones (excluding diaryl/α,β-unsaturated/α-hetero) is 2. The van der Waals surface area contributed by atoms with Crippen molar-refractivity contribution in [1.29, 1.82) is 0 Å². The summed E-state index contributed by atoms with van der Waals surface area (Å²) in [4.78, 5) is 25.5. The Balaban J connectivity index is 2.31. The van der Waals surface area contributed by atoms with Crippen LogP contribution in [0.5, 0.6) is 0 Å². The molecule has 0 spiro atoms. The highest BCUT2D eigenvalue weighted by atomic mass is 35.5. The van der Waals surface area contributed by atoms with E-state index in [2.05, 4.69) is 0 Å². The third-order valence-electron chi connectivity index (χ3n) is 4.51. The van der Waals surface area contributed by atoms with Gasteiger partial charge in [0.05, 0.1) is 10.1 Å². The molecule has 3 rings (SSSR count). The quantitative estimate of drug-likeness (QED) is 0.434. The van der Waals surface area contributed by atoms with Gasteiger partial charge in [0.15, 0.2) is 5.78 Å². The van der Waals surface area contributed by atoms with Gasteiger partial charge in [-0.15, -0.1) is 0 Å². The molecule has 4 heteroatoms. The molecule has 0 radical (unpaired) electrons. The highest BCUT2D eigenvalue weighted by Crippen LogP contribution is 2.33. The highest BCUT2D eigenvalue weighted by molar-refractivity contribution is 6.55. The summed E-state index contributed by atoms with van der Waals surface area (Å²) in [7, 11) is 0. The average Bonchev–Trinajstić information content (AvgIpc) is 2.58. The molecule has 0 unspecified atom stereocenters. The van der Waals surface area contributed by atoms with Crippen LogP contribution in [-0.4, -0.2) is 11.6 Å². The summed E-state index contributed by atoms with van der Waals surface area (Å²) in [5, 5.41) is -0.00445. The maximum absolute atomic E-state index is 13.6. The lowest BCUT2D eigenvalue weighted by molar-refractivity contribution is -0.111. The predicted octanol–water partition coefficient (Wildman–Crippen LogP) is 6.38. The van der Waals surface area contributed by atoms with Crippen molar-refractivity contribution >= 4 is 40.3 Å². The van der Waals surface area contributed by atoms with E-state index in [4.69, 9.17) is 23.2 Å². The minimum atomic E-state index is -0.439. The van der Waals surface area contributed by atoms with Crippen molar-refractivity contribution in [1.82, 2.24) is 0 Å². The lowest BCUT2D eigenvalue weighted by Gasteiger charge is -2.16. The van der Waals surface area contributed by atoms with Crippen molar-refractivity contribution in [2.75, 3.05) is 0 Å². The molecular formula is C24H20Cl2O2. The molecule has 0 saturated heterocycles. The molecule has 0 atom stereocenters. The monoisotopic (exact) mass is 410 g/mol. The number of hydrogen-bond donors (Lipinski definition) is 0. The van der Waals surface area contributed by atoms with Gasteiger partial charge in [0.25, 0.3) is 0 Å². The molecule has 2 nitrogen and oxygen atoms in total. The third-order valence-corrected chi connectivity index (χ3v) is 5.07. The normalized spacial score (nSPS) is 13.9. The molecule has 0 saturated carbocycles.